The number of benzene rings is 1. The first-order chi connectivity index (χ1) is 12.6. The maximum Gasteiger partial charge on any atom is 0.272 e. The van der Waals surface area contributed by atoms with Gasteiger partial charge in [-0.1, -0.05) is 29.8 Å². The summed E-state index contributed by atoms with van der Waals surface area (Å²) in [6, 6.07) is 7.47. The van der Waals surface area contributed by atoms with Crippen molar-refractivity contribution < 1.29 is 4.79 Å². The molecule has 0 aliphatic rings. The van der Waals surface area contributed by atoms with Gasteiger partial charge in [0.2, 0.25) is 0 Å². The van der Waals surface area contributed by atoms with Gasteiger partial charge in [0.05, 0.1) is 16.8 Å². The number of rotatable bonds is 4. The minimum absolute atomic E-state index is 0.0675. The van der Waals surface area contributed by atoms with Gasteiger partial charge in [-0.25, -0.2) is 9.97 Å². The highest BCUT2D eigenvalue weighted by Gasteiger charge is 2.24. The second-order valence-electron chi connectivity index (χ2n) is 5.84. The van der Waals surface area contributed by atoms with Gasteiger partial charge in [0, 0.05) is 35.8 Å². The van der Waals surface area contributed by atoms with Gasteiger partial charge >= 0.3 is 0 Å². The van der Waals surface area contributed by atoms with Gasteiger partial charge in [-0.3, -0.25) is 9.20 Å². The molecule has 26 heavy (non-hydrogen) atoms. The average Bonchev–Trinajstić information content (AvgIpc) is 3.36. The zero-order valence-electron chi connectivity index (χ0n) is 14.1. The summed E-state index contributed by atoms with van der Waals surface area (Å²) in [5, 5.41) is 5.31. The molecule has 1 atom stereocenters. The monoisotopic (exact) mass is 402 g/mol. The van der Waals surface area contributed by atoms with Crippen molar-refractivity contribution in [3.8, 4) is 11.3 Å². The molecule has 4 aromatic rings. The van der Waals surface area contributed by atoms with Crippen LogP contribution in [0.1, 0.15) is 28.5 Å². The molecule has 0 aliphatic carbocycles. The molecule has 0 fully saturated rings. The van der Waals surface area contributed by atoms with Crippen molar-refractivity contribution in [1.29, 1.82) is 0 Å². The molecular weight excluding hydrogens is 388 g/mol. The number of carbonyl (C=O) groups is 1. The number of hydrogen-bond donors (Lipinski definition) is 0. The Morgan fingerprint density at radius 2 is 2.12 bits per heavy atom. The number of nitrogens with zero attached hydrogens (tertiary/aromatic N) is 4. The normalized spacial score (nSPS) is 12.4. The van der Waals surface area contributed by atoms with Crippen LogP contribution >= 0.6 is 34.3 Å². The standard InChI is InChI=1S/C18H15ClN4OS2/c1-11(16-20-7-8-25-16)22(2)17(24)15-10-26-18-21-14(9-23(15)18)12-5-3-4-6-13(12)19/h3-11H,1-2H3/t11-/m0/s1. The fourth-order valence-electron chi connectivity index (χ4n) is 2.70. The summed E-state index contributed by atoms with van der Waals surface area (Å²) in [7, 11) is 1.80. The van der Waals surface area contributed by atoms with E-state index in [0.29, 0.717) is 10.7 Å². The minimum atomic E-state index is -0.0935. The van der Waals surface area contributed by atoms with E-state index in [-0.39, 0.29) is 11.9 Å². The largest absolute Gasteiger partial charge is 0.331 e. The summed E-state index contributed by atoms with van der Waals surface area (Å²) in [5.74, 6) is -0.0675. The van der Waals surface area contributed by atoms with Crippen LogP contribution in [0.2, 0.25) is 5.02 Å². The number of fused-ring (bicyclic) bond motifs is 1. The lowest BCUT2D eigenvalue weighted by Crippen LogP contribution is -2.30. The Hall–Kier alpha value is -2.22. The fourth-order valence-corrected chi connectivity index (χ4v) is 4.52. The van der Waals surface area contributed by atoms with Crippen LogP contribution in [0.5, 0.6) is 0 Å². The Bertz CT molecular complexity index is 1070. The van der Waals surface area contributed by atoms with Gasteiger partial charge in [-0.2, -0.15) is 0 Å². The molecule has 0 bridgehead atoms. The molecule has 132 valence electrons. The third kappa shape index (κ3) is 2.92. The van der Waals surface area contributed by atoms with E-state index in [1.807, 2.05) is 52.5 Å². The number of halogens is 1. The van der Waals surface area contributed by atoms with E-state index in [4.69, 9.17) is 11.6 Å². The highest BCUT2D eigenvalue weighted by Crippen LogP contribution is 2.30. The molecule has 0 saturated carbocycles. The molecule has 0 unspecified atom stereocenters. The molecule has 3 aromatic heterocycles. The summed E-state index contributed by atoms with van der Waals surface area (Å²) in [4.78, 5) is 24.4. The Kier molecular flexibility index (Phi) is 4.52. The Morgan fingerprint density at radius 3 is 2.85 bits per heavy atom. The molecule has 8 heteroatoms. The van der Waals surface area contributed by atoms with Gasteiger partial charge in [0.15, 0.2) is 4.96 Å². The molecule has 0 spiro atoms. The van der Waals surface area contributed by atoms with Crippen LogP contribution in [0.4, 0.5) is 0 Å². The van der Waals surface area contributed by atoms with Gasteiger partial charge < -0.3 is 4.90 Å². The third-order valence-corrected chi connectivity index (χ3v) is 6.40. The topological polar surface area (TPSA) is 50.5 Å². The van der Waals surface area contributed by atoms with Gasteiger partial charge in [0.25, 0.3) is 5.91 Å². The van der Waals surface area contributed by atoms with Crippen LogP contribution in [0, 0.1) is 0 Å². The smallest absolute Gasteiger partial charge is 0.272 e. The molecule has 0 saturated heterocycles. The lowest BCUT2D eigenvalue weighted by atomic mass is 10.2. The highest BCUT2D eigenvalue weighted by atomic mass is 35.5. The van der Waals surface area contributed by atoms with Crippen LogP contribution in [0.3, 0.4) is 0 Å². The molecular formula is C18H15ClN4OS2. The quantitative estimate of drug-likeness (QED) is 0.482. The summed E-state index contributed by atoms with van der Waals surface area (Å²) < 4.78 is 1.83. The van der Waals surface area contributed by atoms with Crippen molar-refractivity contribution in [2.24, 2.45) is 0 Å². The highest BCUT2D eigenvalue weighted by molar-refractivity contribution is 7.15. The number of thiazole rings is 2. The lowest BCUT2D eigenvalue weighted by Gasteiger charge is -2.22. The van der Waals surface area contributed by atoms with Crippen molar-refractivity contribution in [2.45, 2.75) is 13.0 Å². The van der Waals surface area contributed by atoms with Crippen LogP contribution in [-0.2, 0) is 0 Å². The first kappa shape index (κ1) is 17.2. The van der Waals surface area contributed by atoms with Crippen LogP contribution in [0.15, 0.2) is 47.4 Å². The zero-order valence-corrected chi connectivity index (χ0v) is 16.5. The molecule has 0 N–H and O–H groups in total. The summed E-state index contributed by atoms with van der Waals surface area (Å²) >= 11 is 9.26. The van der Waals surface area contributed by atoms with E-state index in [0.717, 1.165) is 21.2 Å². The predicted octanol–water partition coefficient (Wildman–Crippen LogP) is 5.01. The van der Waals surface area contributed by atoms with E-state index in [1.54, 1.807) is 29.5 Å². The van der Waals surface area contributed by atoms with Gasteiger partial charge in [-0.05, 0) is 13.0 Å². The van der Waals surface area contributed by atoms with Crippen molar-refractivity contribution in [2.75, 3.05) is 7.05 Å². The lowest BCUT2D eigenvalue weighted by molar-refractivity contribution is 0.0736. The van der Waals surface area contributed by atoms with E-state index in [9.17, 15) is 4.79 Å². The van der Waals surface area contributed by atoms with Crippen molar-refractivity contribution in [1.82, 2.24) is 19.3 Å². The molecule has 1 aromatic carbocycles. The second-order valence-corrected chi connectivity index (χ2v) is 8.01. The number of aromatic nitrogens is 3. The fraction of sp³-hybridized carbons (Fsp3) is 0.167. The van der Waals surface area contributed by atoms with Crippen molar-refractivity contribution in [3.63, 3.8) is 0 Å². The van der Waals surface area contributed by atoms with Crippen LogP contribution < -0.4 is 0 Å². The van der Waals surface area contributed by atoms with E-state index in [2.05, 4.69) is 9.97 Å². The number of hydrogen-bond acceptors (Lipinski definition) is 5. The first-order valence-corrected chi connectivity index (χ1v) is 10.1. The van der Waals surface area contributed by atoms with E-state index in [1.165, 1.54) is 11.3 Å². The SMILES string of the molecule is C[C@@H](c1nccs1)N(C)C(=O)c1csc2nc(-c3ccccc3Cl)cn12. The Labute approximate surface area is 163 Å². The minimum Gasteiger partial charge on any atom is -0.331 e. The van der Waals surface area contributed by atoms with E-state index < -0.39 is 0 Å². The Morgan fingerprint density at radius 1 is 1.31 bits per heavy atom. The molecule has 0 aliphatic heterocycles. The molecule has 5 nitrogen and oxygen atoms in total. The first-order valence-electron chi connectivity index (χ1n) is 7.94. The molecule has 3 heterocycles. The Balaban J connectivity index is 1.69. The second kappa shape index (κ2) is 6.83. The van der Waals surface area contributed by atoms with Crippen LogP contribution in [0.25, 0.3) is 16.2 Å². The molecule has 4 rings (SSSR count). The number of carbonyl (C=O) groups excluding carboxylic acids is 1. The maximum absolute atomic E-state index is 13.0. The van der Waals surface area contributed by atoms with Crippen molar-refractivity contribution >= 4 is 45.1 Å². The van der Waals surface area contributed by atoms with Gasteiger partial charge in [0.1, 0.15) is 10.7 Å². The average molecular weight is 403 g/mol. The zero-order chi connectivity index (χ0) is 18.3. The molecule has 0 radical (unpaired) electrons. The predicted molar refractivity (Wildman–Crippen MR) is 106 cm³/mol. The maximum atomic E-state index is 13.0. The summed E-state index contributed by atoms with van der Waals surface area (Å²) in [6.45, 7) is 1.98. The summed E-state index contributed by atoms with van der Waals surface area (Å²) in [6.07, 6.45) is 3.62. The van der Waals surface area contributed by atoms with Crippen molar-refractivity contribution in [3.05, 3.63) is 63.1 Å². The molecule has 1 amide bonds. The van der Waals surface area contributed by atoms with E-state index >= 15 is 0 Å². The number of imidazole rings is 1. The number of amides is 1. The van der Waals surface area contributed by atoms with Crippen LogP contribution in [-0.4, -0.2) is 32.2 Å². The third-order valence-electron chi connectivity index (χ3n) is 4.29. The van der Waals surface area contributed by atoms with Gasteiger partial charge in [-0.15, -0.1) is 22.7 Å². The summed E-state index contributed by atoms with van der Waals surface area (Å²) in [5.41, 5.74) is 2.20.